The van der Waals surface area contributed by atoms with Crippen molar-refractivity contribution < 1.29 is 4.74 Å². The van der Waals surface area contributed by atoms with E-state index in [1.54, 1.807) is 0 Å². The van der Waals surface area contributed by atoms with Gasteiger partial charge in [-0.15, -0.1) is 0 Å². The van der Waals surface area contributed by atoms with Crippen LogP contribution in [0.15, 0.2) is 199 Å². The molecule has 0 amide bonds. The maximum absolute atomic E-state index is 7.53. The van der Waals surface area contributed by atoms with Gasteiger partial charge in [-0.1, -0.05) is 158 Å². The van der Waals surface area contributed by atoms with E-state index < -0.39 is 16.6 Å². The first-order valence-corrected chi connectivity index (χ1v) is 20.6. The van der Waals surface area contributed by atoms with Crippen LogP contribution in [-0.4, -0.2) is 11.1 Å². The van der Waals surface area contributed by atoms with Crippen molar-refractivity contribution in [3.8, 4) is 16.9 Å². The summed E-state index contributed by atoms with van der Waals surface area (Å²) in [6.45, 7) is 9.64. The van der Waals surface area contributed by atoms with Crippen molar-refractivity contribution in [1.82, 2.24) is 0 Å². The minimum atomic E-state index is -0.711. The molecule has 0 fully saturated rings. The highest BCUT2D eigenvalue weighted by Gasteiger charge is 2.63. The van der Waals surface area contributed by atoms with E-state index >= 15 is 0 Å². The summed E-state index contributed by atoms with van der Waals surface area (Å²) in [5.41, 5.74) is 10.5. The lowest BCUT2D eigenvalue weighted by atomic mass is 9.50. The first-order chi connectivity index (χ1) is 28.2. The van der Waals surface area contributed by atoms with Gasteiger partial charge in [-0.2, -0.15) is 0 Å². The van der Waals surface area contributed by atoms with Crippen molar-refractivity contribution in [3.63, 3.8) is 0 Å². The van der Waals surface area contributed by atoms with E-state index in [-0.39, 0.29) is 5.41 Å². The Morgan fingerprint density at radius 3 is 1.91 bits per heavy atom. The summed E-state index contributed by atoms with van der Waals surface area (Å²) >= 11 is 0. The molecule has 278 valence electrons. The normalized spacial score (nSPS) is 25.2. The molecule has 2 aliphatic heterocycles. The minimum Gasteiger partial charge on any atom is -0.477 e. The Morgan fingerprint density at radius 2 is 1.12 bits per heavy atom. The predicted molar refractivity (Wildman–Crippen MR) is 242 cm³/mol. The maximum atomic E-state index is 7.53. The second kappa shape index (κ2) is 11.5. The highest BCUT2D eigenvalue weighted by Crippen LogP contribution is 2.67. The van der Waals surface area contributed by atoms with Crippen molar-refractivity contribution in [1.29, 1.82) is 0 Å². The number of anilines is 2. The number of rotatable bonds is 3. The molecule has 58 heavy (non-hydrogen) atoms. The Kier molecular flexibility index (Phi) is 6.63. The number of hydrogen-bond donors (Lipinski definition) is 0. The van der Waals surface area contributed by atoms with Gasteiger partial charge in [0.05, 0.1) is 5.54 Å². The van der Waals surface area contributed by atoms with Crippen LogP contribution in [0.2, 0.25) is 0 Å². The van der Waals surface area contributed by atoms with Crippen LogP contribution in [0.25, 0.3) is 49.0 Å². The quantitative estimate of drug-likeness (QED) is 0.132. The molecule has 2 nitrogen and oxygen atoms in total. The number of para-hydroxylation sites is 1. The van der Waals surface area contributed by atoms with E-state index in [2.05, 4.69) is 221 Å². The average Bonchev–Trinajstić information content (AvgIpc) is 3.56. The molecule has 0 radical (unpaired) electrons. The summed E-state index contributed by atoms with van der Waals surface area (Å²) in [6, 6.07) is 62.6. The molecule has 4 atom stereocenters. The Balaban J connectivity index is 1.13. The van der Waals surface area contributed by atoms with Crippen molar-refractivity contribution in [3.05, 3.63) is 216 Å². The lowest BCUT2D eigenvalue weighted by molar-refractivity contribution is 0.183. The van der Waals surface area contributed by atoms with Crippen LogP contribution in [0, 0.1) is 0 Å². The van der Waals surface area contributed by atoms with E-state index in [0.717, 1.165) is 16.8 Å². The van der Waals surface area contributed by atoms with E-state index in [9.17, 15) is 0 Å². The highest BCUT2D eigenvalue weighted by molar-refractivity contribution is 6.14. The molecule has 2 heterocycles. The number of allylic oxidation sites excluding steroid dienone is 2. The summed E-state index contributed by atoms with van der Waals surface area (Å²) in [5, 5.41) is 7.45. The van der Waals surface area contributed by atoms with Crippen LogP contribution in [0.4, 0.5) is 11.4 Å². The molecule has 0 aromatic heterocycles. The largest absolute Gasteiger partial charge is 0.477 e. The summed E-state index contributed by atoms with van der Waals surface area (Å²) in [5.74, 6) is 0.977. The summed E-state index contributed by atoms with van der Waals surface area (Å²) in [7, 11) is 0. The number of ether oxygens (including phenoxy) is 1. The third kappa shape index (κ3) is 4.22. The summed E-state index contributed by atoms with van der Waals surface area (Å²) < 4.78 is 7.53. The third-order valence-corrected chi connectivity index (χ3v) is 14.2. The number of nitrogens with zero attached hydrogens (tertiary/aromatic N) is 1. The van der Waals surface area contributed by atoms with E-state index in [4.69, 9.17) is 4.74 Å². The lowest BCUT2D eigenvalue weighted by Gasteiger charge is -2.61. The topological polar surface area (TPSA) is 12.5 Å². The van der Waals surface area contributed by atoms with Gasteiger partial charge in [0, 0.05) is 38.7 Å². The standard InChI is InChI=1S/C56H43NO/c1-53(39-18-6-5-7-19-39)32-33-54(2)47-24-14-15-25-49(47)57(40-29-26-37(27-30-40)46-34-38-17-9-10-20-41(38)43-22-12-13-23-44(43)46)55(3)35-48-45-31-28-36-16-8-11-21-42(36)50(45)58-56(48,4)52(53)51(54)55/h5-35H,1-4H3. The van der Waals surface area contributed by atoms with Gasteiger partial charge >= 0.3 is 0 Å². The van der Waals surface area contributed by atoms with Crippen LogP contribution < -0.4 is 9.64 Å². The van der Waals surface area contributed by atoms with Gasteiger partial charge in [-0.3, -0.25) is 0 Å². The molecule has 12 rings (SSSR count). The van der Waals surface area contributed by atoms with Gasteiger partial charge in [0.25, 0.3) is 0 Å². The molecule has 2 heteroatoms. The number of benzene rings is 8. The zero-order valence-corrected chi connectivity index (χ0v) is 33.3. The zero-order valence-electron chi connectivity index (χ0n) is 33.3. The first-order valence-electron chi connectivity index (χ1n) is 20.6. The van der Waals surface area contributed by atoms with Crippen LogP contribution in [0.1, 0.15) is 44.4 Å². The molecule has 4 aliphatic rings. The third-order valence-electron chi connectivity index (χ3n) is 14.2. The molecule has 0 saturated carbocycles. The van der Waals surface area contributed by atoms with Gasteiger partial charge in [0.15, 0.2) is 5.60 Å². The Bertz CT molecular complexity index is 3150. The van der Waals surface area contributed by atoms with Gasteiger partial charge in [-0.25, -0.2) is 0 Å². The lowest BCUT2D eigenvalue weighted by Crippen LogP contribution is -2.61. The SMILES string of the molecule is CC12Oc3c(ccc4ccccc34)C1=CC1(C)C3=C2C(C)(c2ccccc2)C=CC3(C)c2ccccc2N1c1ccc(-c2cc3ccccc3c3ccccc23)cc1. The second-order valence-corrected chi connectivity index (χ2v) is 17.4. The summed E-state index contributed by atoms with van der Waals surface area (Å²) in [6.07, 6.45) is 7.55. The van der Waals surface area contributed by atoms with Gasteiger partial charge in [0.2, 0.25) is 0 Å². The zero-order chi connectivity index (χ0) is 39.0. The first kappa shape index (κ1) is 33.5. The molecule has 4 unspecified atom stereocenters. The average molecular weight is 746 g/mol. The fourth-order valence-corrected chi connectivity index (χ4v) is 11.6. The van der Waals surface area contributed by atoms with Crippen LogP contribution >= 0.6 is 0 Å². The van der Waals surface area contributed by atoms with Crippen molar-refractivity contribution >= 4 is 49.3 Å². The smallest absolute Gasteiger partial charge is 0.154 e. The highest BCUT2D eigenvalue weighted by atomic mass is 16.5. The fraction of sp³-hybridized carbons (Fsp3) is 0.143. The summed E-state index contributed by atoms with van der Waals surface area (Å²) in [4.78, 5) is 2.62. The van der Waals surface area contributed by atoms with E-state index in [1.165, 1.54) is 77.2 Å². The predicted octanol–water partition coefficient (Wildman–Crippen LogP) is 14.1. The van der Waals surface area contributed by atoms with Gasteiger partial charge in [-0.05, 0) is 118 Å². The molecule has 0 N–H and O–H groups in total. The fourth-order valence-electron chi connectivity index (χ4n) is 11.6. The second-order valence-electron chi connectivity index (χ2n) is 17.4. The Hall–Kier alpha value is -6.64. The Morgan fingerprint density at radius 1 is 0.483 bits per heavy atom. The van der Waals surface area contributed by atoms with Crippen LogP contribution in [0.5, 0.6) is 5.75 Å². The molecule has 8 aromatic rings. The van der Waals surface area contributed by atoms with Crippen molar-refractivity contribution in [2.24, 2.45) is 0 Å². The molecule has 0 bridgehead atoms. The molecule has 0 spiro atoms. The van der Waals surface area contributed by atoms with Crippen molar-refractivity contribution in [2.45, 2.75) is 49.7 Å². The van der Waals surface area contributed by atoms with E-state index in [0.29, 0.717) is 0 Å². The number of hydrogen-bond acceptors (Lipinski definition) is 2. The molecule has 0 saturated heterocycles. The number of fused-ring (bicyclic) bond motifs is 11. The minimum absolute atomic E-state index is 0.388. The molecular weight excluding hydrogens is 703 g/mol. The maximum Gasteiger partial charge on any atom is 0.154 e. The van der Waals surface area contributed by atoms with Crippen LogP contribution in [0.3, 0.4) is 0 Å². The van der Waals surface area contributed by atoms with Gasteiger partial charge < -0.3 is 9.64 Å². The van der Waals surface area contributed by atoms with E-state index in [1.807, 2.05) is 0 Å². The molecular formula is C56H43NO. The van der Waals surface area contributed by atoms with Crippen LogP contribution in [-0.2, 0) is 10.8 Å². The monoisotopic (exact) mass is 745 g/mol. The molecule has 8 aromatic carbocycles. The van der Waals surface area contributed by atoms with Crippen molar-refractivity contribution in [2.75, 3.05) is 4.90 Å². The van der Waals surface area contributed by atoms with Gasteiger partial charge in [0.1, 0.15) is 5.75 Å². The Labute approximate surface area is 340 Å². The molecule has 2 aliphatic carbocycles.